The fourth-order valence-electron chi connectivity index (χ4n) is 8.40. The Morgan fingerprint density at radius 2 is 1.00 bits per heavy atom. The summed E-state index contributed by atoms with van der Waals surface area (Å²) in [6.07, 6.45) is 4.62. The fraction of sp³-hybridized carbons (Fsp3) is 0.0417. The van der Waals surface area contributed by atoms with Crippen molar-refractivity contribution in [2.75, 3.05) is 0 Å². The molecule has 10 aromatic rings. The van der Waals surface area contributed by atoms with Gasteiger partial charge in [0, 0.05) is 25.6 Å². The summed E-state index contributed by atoms with van der Waals surface area (Å²) in [5, 5.41) is 15.8. The number of hydrogen-bond acceptors (Lipinski definition) is 1. The van der Waals surface area contributed by atoms with Gasteiger partial charge in [0.2, 0.25) is 0 Å². The third kappa shape index (κ3) is 4.16. The summed E-state index contributed by atoms with van der Waals surface area (Å²) in [5.74, 6) is 0. The average molecular weight is 639 g/mol. The first-order valence-electron chi connectivity index (χ1n) is 17.2. The maximum atomic E-state index is 2.50. The van der Waals surface area contributed by atoms with Crippen molar-refractivity contribution in [2.45, 2.75) is 12.8 Å². The van der Waals surface area contributed by atoms with Crippen LogP contribution >= 0.6 is 11.3 Å². The van der Waals surface area contributed by atoms with Gasteiger partial charge in [0.15, 0.2) is 0 Å². The summed E-state index contributed by atoms with van der Waals surface area (Å²) < 4.78 is 2.77. The van der Waals surface area contributed by atoms with Crippen molar-refractivity contribution in [3.63, 3.8) is 0 Å². The maximum Gasteiger partial charge on any atom is 0.0439 e. The first-order valence-corrected chi connectivity index (χ1v) is 18.0. The highest BCUT2D eigenvalue weighted by molar-refractivity contribution is 7.26. The number of fused-ring (bicyclic) bond motifs is 13. The van der Waals surface area contributed by atoms with Crippen molar-refractivity contribution in [1.29, 1.82) is 0 Å². The van der Waals surface area contributed by atoms with Gasteiger partial charge in [-0.1, -0.05) is 133 Å². The minimum Gasteiger partial charge on any atom is -0.135 e. The lowest BCUT2D eigenvalue weighted by Gasteiger charge is -2.20. The second kappa shape index (κ2) is 10.4. The van der Waals surface area contributed by atoms with Gasteiger partial charge in [0.1, 0.15) is 0 Å². The predicted octanol–water partition coefficient (Wildman–Crippen LogP) is 14.0. The molecule has 9 aromatic carbocycles. The summed E-state index contributed by atoms with van der Waals surface area (Å²) in [6, 6.07) is 56.9. The van der Waals surface area contributed by atoms with E-state index in [9.17, 15) is 0 Å². The van der Waals surface area contributed by atoms with E-state index in [-0.39, 0.29) is 0 Å². The normalized spacial score (nSPS) is 13.3. The van der Waals surface area contributed by atoms with Gasteiger partial charge in [-0.25, -0.2) is 0 Å². The summed E-state index contributed by atoms with van der Waals surface area (Å²) >= 11 is 1.94. The lowest BCUT2D eigenvalue weighted by atomic mass is 9.85. The van der Waals surface area contributed by atoms with Crippen molar-refractivity contribution in [3.8, 4) is 11.1 Å². The molecule has 0 saturated carbocycles. The van der Waals surface area contributed by atoms with Crippen molar-refractivity contribution in [1.82, 2.24) is 0 Å². The van der Waals surface area contributed by atoms with Crippen molar-refractivity contribution in [2.24, 2.45) is 0 Å². The van der Waals surface area contributed by atoms with Crippen LogP contribution < -0.4 is 0 Å². The molecule has 49 heavy (non-hydrogen) atoms. The van der Waals surface area contributed by atoms with Crippen LogP contribution in [0.2, 0.25) is 0 Å². The van der Waals surface area contributed by atoms with Gasteiger partial charge in [0.25, 0.3) is 0 Å². The zero-order valence-electron chi connectivity index (χ0n) is 26.8. The summed E-state index contributed by atoms with van der Waals surface area (Å²) in [5.41, 5.74) is 8.13. The Morgan fingerprint density at radius 3 is 1.84 bits per heavy atom. The van der Waals surface area contributed by atoms with Crippen LogP contribution in [0.4, 0.5) is 0 Å². The third-order valence-electron chi connectivity index (χ3n) is 10.9. The van der Waals surface area contributed by atoms with E-state index in [0.717, 1.165) is 12.8 Å². The molecule has 0 fully saturated rings. The van der Waals surface area contributed by atoms with Gasteiger partial charge >= 0.3 is 0 Å². The number of benzene rings is 9. The van der Waals surface area contributed by atoms with Gasteiger partial charge in [-0.15, -0.1) is 11.3 Å². The second-order valence-electron chi connectivity index (χ2n) is 13.6. The third-order valence-corrected chi connectivity index (χ3v) is 12.1. The Labute approximate surface area is 288 Å². The molecular weight excluding hydrogens is 609 g/mol. The molecular formula is C48H30S. The van der Waals surface area contributed by atoms with Gasteiger partial charge in [-0.3, -0.25) is 0 Å². The van der Waals surface area contributed by atoms with Crippen LogP contribution in [0.15, 0.2) is 152 Å². The molecule has 0 nitrogen and oxygen atoms in total. The van der Waals surface area contributed by atoms with E-state index >= 15 is 0 Å². The number of rotatable bonds is 2. The molecule has 0 amide bonds. The molecule has 11 rings (SSSR count). The molecule has 0 saturated heterocycles. The largest absolute Gasteiger partial charge is 0.135 e. The van der Waals surface area contributed by atoms with E-state index in [4.69, 9.17) is 0 Å². The highest BCUT2D eigenvalue weighted by atomic mass is 32.1. The molecule has 1 aliphatic rings. The highest BCUT2D eigenvalue weighted by Crippen LogP contribution is 2.44. The topological polar surface area (TPSA) is 0 Å². The van der Waals surface area contributed by atoms with Crippen molar-refractivity contribution < 1.29 is 0 Å². The number of aryl methyl sites for hydroxylation is 1. The monoisotopic (exact) mass is 638 g/mol. The van der Waals surface area contributed by atoms with E-state index in [1.54, 1.807) is 0 Å². The van der Waals surface area contributed by atoms with Gasteiger partial charge < -0.3 is 0 Å². The zero-order chi connectivity index (χ0) is 32.1. The van der Waals surface area contributed by atoms with E-state index < -0.39 is 0 Å². The van der Waals surface area contributed by atoms with Crippen LogP contribution in [0.5, 0.6) is 0 Å². The van der Waals surface area contributed by atoms with Crippen LogP contribution in [0.1, 0.15) is 23.1 Å². The summed E-state index contributed by atoms with van der Waals surface area (Å²) in [7, 11) is 0. The molecule has 1 heterocycles. The molecule has 0 aliphatic heterocycles. The Morgan fingerprint density at radius 1 is 0.388 bits per heavy atom. The van der Waals surface area contributed by atoms with Crippen LogP contribution in [0, 0.1) is 0 Å². The smallest absolute Gasteiger partial charge is 0.0439 e. The van der Waals surface area contributed by atoms with Crippen LogP contribution in [0.25, 0.3) is 96.8 Å². The fourth-order valence-corrected chi connectivity index (χ4v) is 9.67. The van der Waals surface area contributed by atoms with E-state index in [0.29, 0.717) is 0 Å². The minimum absolute atomic E-state index is 1.05. The molecule has 0 spiro atoms. The van der Waals surface area contributed by atoms with Crippen molar-refractivity contribution >= 4 is 97.0 Å². The highest BCUT2D eigenvalue weighted by Gasteiger charge is 2.18. The molecule has 1 heteroatoms. The first kappa shape index (κ1) is 27.2. The zero-order valence-corrected chi connectivity index (χ0v) is 27.7. The first-order chi connectivity index (χ1) is 24.2. The Hall–Kier alpha value is -5.76. The van der Waals surface area contributed by atoms with Crippen LogP contribution in [-0.4, -0.2) is 0 Å². The number of allylic oxidation sites excluding steroid dienone is 1. The average Bonchev–Trinajstić information content (AvgIpc) is 3.55. The van der Waals surface area contributed by atoms with Gasteiger partial charge in [-0.05, 0) is 119 Å². The van der Waals surface area contributed by atoms with Crippen LogP contribution in [0.3, 0.4) is 0 Å². The molecule has 0 unspecified atom stereocenters. The lowest BCUT2D eigenvalue weighted by Crippen LogP contribution is -2.00. The quantitative estimate of drug-likeness (QED) is 0.165. The molecule has 1 aromatic heterocycles. The molecule has 0 radical (unpaired) electrons. The lowest BCUT2D eigenvalue weighted by molar-refractivity contribution is 1.01. The Balaban J connectivity index is 1.07. The molecule has 0 atom stereocenters. The molecule has 0 bridgehead atoms. The molecule has 0 N–H and O–H groups in total. The summed E-state index contributed by atoms with van der Waals surface area (Å²) in [4.78, 5) is 0. The molecule has 228 valence electrons. The van der Waals surface area contributed by atoms with Crippen LogP contribution in [-0.2, 0) is 6.42 Å². The Bertz CT molecular complexity index is 3040. The number of thiophene rings is 1. The Kier molecular flexibility index (Phi) is 5.76. The van der Waals surface area contributed by atoms with E-state index in [2.05, 4.69) is 158 Å². The minimum atomic E-state index is 1.05. The summed E-state index contributed by atoms with van der Waals surface area (Å²) in [6.45, 7) is 0. The SMILES string of the molecule is C1=C(c2ccc3ccc4c5cc(-c6ccc7ccccc7c6)ccc5ccc4c3c2)CCc2ccc3ccc4c5ccccc5sc4c3c21. The van der Waals surface area contributed by atoms with E-state index in [1.807, 2.05) is 11.3 Å². The standard InChI is InChI=1S/C48H30S/c1-2-6-34-25-35(15-9-29(34)5-1)36-16-11-30-19-23-40-39(43(30)26-36)22-20-31-12-17-37(27-44(31)40)38-18-13-32-10-14-33-21-24-42-41-7-3-4-8-46(41)49-48(42)47(33)45(32)28-38/h1-12,14-17,19-28H,13,18H2. The molecule has 1 aliphatic carbocycles. The van der Waals surface area contributed by atoms with Gasteiger partial charge in [-0.2, -0.15) is 0 Å². The van der Waals surface area contributed by atoms with E-state index in [1.165, 1.54) is 107 Å². The second-order valence-corrected chi connectivity index (χ2v) is 14.7. The van der Waals surface area contributed by atoms with Gasteiger partial charge in [0.05, 0.1) is 0 Å². The van der Waals surface area contributed by atoms with Crippen molar-refractivity contribution in [3.05, 3.63) is 168 Å². The number of hydrogen-bond donors (Lipinski definition) is 0. The maximum absolute atomic E-state index is 2.50. The predicted molar refractivity (Wildman–Crippen MR) is 215 cm³/mol.